The lowest BCUT2D eigenvalue weighted by Crippen LogP contribution is -2.19. The van der Waals surface area contributed by atoms with Crippen LogP contribution in [-0.2, 0) is 19.2 Å². The van der Waals surface area contributed by atoms with Crippen LogP contribution < -0.4 is 0 Å². The first-order chi connectivity index (χ1) is 9.69. The molecule has 2 unspecified atom stereocenters. The van der Waals surface area contributed by atoms with Gasteiger partial charge in [-0.2, -0.15) is 0 Å². The van der Waals surface area contributed by atoms with Gasteiger partial charge in [0.25, 0.3) is 0 Å². The van der Waals surface area contributed by atoms with E-state index in [0.717, 1.165) is 25.7 Å². The molecule has 0 aromatic carbocycles. The molecule has 1 fully saturated rings. The van der Waals surface area contributed by atoms with Crippen molar-refractivity contribution in [1.29, 1.82) is 0 Å². The van der Waals surface area contributed by atoms with Crippen molar-refractivity contribution >= 4 is 24.3 Å². The van der Waals surface area contributed by atoms with Gasteiger partial charge in [-0.05, 0) is 43.3 Å². The van der Waals surface area contributed by atoms with E-state index in [4.69, 9.17) is 20.4 Å². The van der Waals surface area contributed by atoms with Crippen molar-refractivity contribution in [2.75, 3.05) is 13.1 Å². The molecule has 0 aromatic rings. The summed E-state index contributed by atoms with van der Waals surface area (Å²) in [5.74, 6) is 0.939. The summed E-state index contributed by atoms with van der Waals surface area (Å²) in [7, 11) is 0. The lowest BCUT2D eigenvalue weighted by molar-refractivity contribution is 0.278. The van der Waals surface area contributed by atoms with Crippen LogP contribution in [-0.4, -0.2) is 37.4 Å². The highest BCUT2D eigenvalue weighted by atomic mass is 16.1. The Bertz CT molecular complexity index is 375. The normalized spacial score (nSPS) is 19.0. The van der Waals surface area contributed by atoms with Crippen LogP contribution in [0.5, 0.6) is 0 Å². The minimum absolute atomic E-state index is 0.469. The van der Waals surface area contributed by atoms with Gasteiger partial charge in [-0.1, -0.05) is 6.42 Å². The van der Waals surface area contributed by atoms with Crippen LogP contribution in [0.3, 0.4) is 0 Å². The monoisotopic (exact) mass is 278 g/mol. The molecule has 0 spiro atoms. The zero-order valence-electron chi connectivity index (χ0n) is 10.8. The Hall–Kier alpha value is -2.48. The highest BCUT2D eigenvalue weighted by Gasteiger charge is 2.21. The summed E-state index contributed by atoms with van der Waals surface area (Å²) in [6, 6.07) is 0. The standard InChI is InChI=1S/C10H14N2O2.2CNO/c13-7-11-5-9-2-1-3-10(4-9)6-12-8-14;2*2-1-3/h9-10H,1-6H2;;/q;2*-1. The zero-order chi connectivity index (χ0) is 15.6. The molecule has 8 nitrogen and oxygen atoms in total. The number of aliphatic imine (C=N–C) groups is 2. The molecule has 108 valence electrons. The molecule has 1 saturated carbocycles. The maximum absolute atomic E-state index is 9.94. The first-order valence-electron chi connectivity index (χ1n) is 5.79. The SMILES string of the molecule is O=C=NCC1CCCC(CN=C=O)C1.[N-]=C=O.[N-]=C=O. The molecule has 0 aliphatic heterocycles. The van der Waals surface area contributed by atoms with Crippen molar-refractivity contribution in [2.24, 2.45) is 21.8 Å². The van der Waals surface area contributed by atoms with Gasteiger partial charge < -0.3 is 10.8 Å². The summed E-state index contributed by atoms with van der Waals surface area (Å²) in [5, 5.41) is 13.5. The molecule has 0 N–H and O–H groups in total. The second-order valence-electron chi connectivity index (χ2n) is 3.95. The quantitative estimate of drug-likeness (QED) is 0.564. The Balaban J connectivity index is 0. The fourth-order valence-corrected chi connectivity index (χ4v) is 2.07. The smallest absolute Gasteiger partial charge is 0.234 e. The molecule has 0 amide bonds. The third-order valence-corrected chi connectivity index (χ3v) is 2.72. The summed E-state index contributed by atoms with van der Waals surface area (Å²) in [4.78, 5) is 43.5. The van der Waals surface area contributed by atoms with Crippen LogP contribution >= 0.6 is 0 Å². The fourth-order valence-electron chi connectivity index (χ4n) is 2.07. The average molecular weight is 278 g/mol. The highest BCUT2D eigenvalue weighted by Crippen LogP contribution is 2.29. The topological polar surface area (TPSA) is 138 Å². The third-order valence-electron chi connectivity index (χ3n) is 2.72. The highest BCUT2D eigenvalue weighted by molar-refractivity contribution is 5.37. The molecule has 1 aliphatic rings. The number of hydrogen-bond acceptors (Lipinski definition) is 6. The van der Waals surface area contributed by atoms with E-state index in [1.165, 1.54) is 0 Å². The van der Waals surface area contributed by atoms with Gasteiger partial charge in [0.15, 0.2) is 0 Å². The van der Waals surface area contributed by atoms with E-state index in [1.54, 1.807) is 12.2 Å². The molecule has 1 rings (SSSR count). The maximum Gasteiger partial charge on any atom is 0.234 e. The van der Waals surface area contributed by atoms with Crippen molar-refractivity contribution < 1.29 is 19.2 Å². The Morgan fingerprint density at radius 1 is 0.850 bits per heavy atom. The predicted octanol–water partition coefficient (Wildman–Crippen LogP) is 1.25. The molecule has 0 bridgehead atoms. The molecule has 0 radical (unpaired) electrons. The van der Waals surface area contributed by atoms with Gasteiger partial charge >= 0.3 is 0 Å². The Labute approximate surface area is 116 Å². The van der Waals surface area contributed by atoms with Gasteiger partial charge in [-0.15, -0.1) is 0 Å². The second-order valence-corrected chi connectivity index (χ2v) is 3.95. The number of hydrogen-bond donors (Lipinski definition) is 0. The third kappa shape index (κ3) is 13.6. The first kappa shape index (κ1) is 19.9. The predicted molar refractivity (Wildman–Crippen MR) is 69.5 cm³/mol. The Morgan fingerprint density at radius 3 is 1.50 bits per heavy atom. The van der Waals surface area contributed by atoms with Gasteiger partial charge in [0, 0.05) is 0 Å². The zero-order valence-corrected chi connectivity index (χ0v) is 10.8. The van der Waals surface area contributed by atoms with Crippen molar-refractivity contribution in [3.05, 3.63) is 10.8 Å². The first-order valence-corrected chi connectivity index (χ1v) is 5.79. The molecule has 0 heterocycles. The Morgan fingerprint density at radius 2 is 1.20 bits per heavy atom. The number of isocyanates is 4. The number of rotatable bonds is 4. The van der Waals surface area contributed by atoms with E-state index >= 15 is 0 Å². The summed E-state index contributed by atoms with van der Waals surface area (Å²) in [6.07, 6.45) is 8.51. The van der Waals surface area contributed by atoms with E-state index < -0.39 is 0 Å². The van der Waals surface area contributed by atoms with Crippen LogP contribution in [0.1, 0.15) is 25.7 Å². The fraction of sp³-hybridized carbons (Fsp3) is 0.667. The van der Waals surface area contributed by atoms with Crippen LogP contribution in [0.25, 0.3) is 10.8 Å². The molecular weight excluding hydrogens is 264 g/mol. The summed E-state index contributed by atoms with van der Waals surface area (Å²) >= 11 is 0. The van der Waals surface area contributed by atoms with Crippen LogP contribution in [0.4, 0.5) is 0 Å². The minimum atomic E-state index is 0.469. The molecule has 2 atom stereocenters. The average Bonchev–Trinajstić information content (AvgIpc) is 2.45. The van der Waals surface area contributed by atoms with Gasteiger partial charge in [0.1, 0.15) is 0 Å². The van der Waals surface area contributed by atoms with E-state index in [0.29, 0.717) is 37.1 Å². The van der Waals surface area contributed by atoms with Crippen molar-refractivity contribution in [2.45, 2.75) is 25.7 Å². The van der Waals surface area contributed by atoms with Crippen LogP contribution in [0.2, 0.25) is 0 Å². The largest absolute Gasteiger partial charge is 0.724 e. The second kappa shape index (κ2) is 16.5. The minimum Gasteiger partial charge on any atom is -0.724 e. The van der Waals surface area contributed by atoms with E-state index in [-0.39, 0.29) is 0 Å². The molecule has 1 aliphatic carbocycles. The molecule has 20 heavy (non-hydrogen) atoms. The van der Waals surface area contributed by atoms with Crippen molar-refractivity contribution in [1.82, 2.24) is 0 Å². The van der Waals surface area contributed by atoms with Crippen LogP contribution in [0.15, 0.2) is 9.98 Å². The van der Waals surface area contributed by atoms with E-state index in [9.17, 15) is 9.59 Å². The van der Waals surface area contributed by atoms with Gasteiger partial charge in [-0.3, -0.25) is 9.59 Å². The molecule has 8 heteroatoms. The molecular formula is C12H14N4O4-2. The van der Waals surface area contributed by atoms with E-state index in [1.807, 2.05) is 0 Å². The number of carbonyl (C=O) groups excluding carboxylic acids is 4. The lowest BCUT2D eigenvalue weighted by atomic mass is 9.81. The van der Waals surface area contributed by atoms with Gasteiger partial charge in [-0.25, -0.2) is 19.6 Å². The van der Waals surface area contributed by atoms with Crippen molar-refractivity contribution in [3.8, 4) is 0 Å². The summed E-state index contributed by atoms with van der Waals surface area (Å²) in [5.41, 5.74) is 0. The maximum atomic E-state index is 9.94. The van der Waals surface area contributed by atoms with E-state index in [2.05, 4.69) is 9.98 Å². The molecule has 0 saturated heterocycles. The molecule has 0 aromatic heterocycles. The summed E-state index contributed by atoms with van der Waals surface area (Å²) in [6.45, 7) is 1.15. The van der Waals surface area contributed by atoms with Crippen LogP contribution in [0, 0.1) is 11.8 Å². The summed E-state index contributed by atoms with van der Waals surface area (Å²) < 4.78 is 0. The Kier molecular flexibility index (Phi) is 16.4. The van der Waals surface area contributed by atoms with Gasteiger partial charge in [0.05, 0.1) is 13.1 Å². The lowest BCUT2D eigenvalue weighted by Gasteiger charge is -2.26. The van der Waals surface area contributed by atoms with Crippen molar-refractivity contribution in [3.63, 3.8) is 0 Å². The van der Waals surface area contributed by atoms with Gasteiger partial charge in [0.2, 0.25) is 12.2 Å². The number of nitrogens with zero attached hydrogens (tertiary/aromatic N) is 4.